The van der Waals surface area contributed by atoms with E-state index in [2.05, 4.69) is 15.6 Å². The standard InChI is InChI=1S/C53H86FN5O16/c1-14-39-53(10,68)46(65)30(4)42(62)28(2)24-52(9,70-13)48(31(5)45(32(6)49(67)73-39)74-41-25-51(8,69-12)47(66)33(7)72-41)75-50-44(64)38(23-29(3)71-50)58(11)21-19-40(61)55-37(26-54)43(63)34-15-17-36(18-16-34)59-27-35(20-22-60)56-57-59/h15-18,27-33,37-39,41,43-48,50,60,63-66,68H,14,19-26H2,1-13H3,(H,55,61)/t28-,29-,30+,31+,32-,33+,37-,38+,39-,41+,43?,44-,45+,46-,47+,48-,50+,51?,52?,53?/m1/s1. The molecule has 0 saturated carbocycles. The van der Waals surface area contributed by atoms with Gasteiger partial charge in [0.1, 0.15) is 42.5 Å². The molecular weight excluding hydrogens is 982 g/mol. The lowest BCUT2D eigenvalue weighted by Gasteiger charge is -2.50. The molecule has 21 nitrogen and oxygen atoms in total. The van der Waals surface area contributed by atoms with Crippen LogP contribution in [0.25, 0.3) is 5.69 Å². The maximum atomic E-state index is 14.5. The summed E-state index contributed by atoms with van der Waals surface area (Å²) in [6, 6.07) is 4.61. The Morgan fingerprint density at radius 2 is 1.61 bits per heavy atom. The Kier molecular flexibility index (Phi) is 21.9. The second kappa shape index (κ2) is 26.4. The molecule has 3 aliphatic rings. The van der Waals surface area contributed by atoms with Crippen LogP contribution in [-0.4, -0.2) is 200 Å². The van der Waals surface area contributed by atoms with Crippen molar-refractivity contribution in [2.45, 2.75) is 204 Å². The van der Waals surface area contributed by atoms with Gasteiger partial charge in [0.2, 0.25) is 5.91 Å². The van der Waals surface area contributed by atoms with Crippen LogP contribution in [0.3, 0.4) is 0 Å². The fraction of sp³-hybridized carbons (Fsp3) is 0.792. The Morgan fingerprint density at radius 1 is 0.960 bits per heavy atom. The summed E-state index contributed by atoms with van der Waals surface area (Å²) in [5.41, 5.74) is -2.99. The van der Waals surface area contributed by atoms with E-state index in [1.807, 2.05) is 6.92 Å². The number of carbonyl (C=O) groups excluding carboxylic acids is 3. The third-order valence-corrected chi connectivity index (χ3v) is 16.2. The number of hydrogen-bond donors (Lipinski definition) is 7. The molecule has 426 valence electrons. The number of hydrogen-bond acceptors (Lipinski definition) is 19. The number of cyclic esters (lactones) is 1. The normalized spacial score (nSPS) is 38.4. The number of ether oxygens (including phenoxy) is 7. The zero-order chi connectivity index (χ0) is 55.9. The van der Waals surface area contributed by atoms with Crippen LogP contribution in [0.15, 0.2) is 30.5 Å². The number of rotatable bonds is 18. The maximum Gasteiger partial charge on any atom is 0.311 e. The van der Waals surface area contributed by atoms with Gasteiger partial charge in [0, 0.05) is 70.4 Å². The first-order valence-corrected chi connectivity index (χ1v) is 26.3. The van der Waals surface area contributed by atoms with Gasteiger partial charge in [-0.3, -0.25) is 14.4 Å². The highest BCUT2D eigenvalue weighted by Crippen LogP contribution is 2.42. The SMILES string of the molecule is CC[C@H]1OC(=O)[C@H](C)[C@@H](O[C@H]2CC(C)(OC)[C@@H](O)[C@H](C)O2)[C@H](C)[C@@H](O[C@@H]2O[C@H](C)C[C@H](N(C)CCC(=O)N[C@H](CF)C(O)c3ccc(-n4cc(CCO)nn4)cc3)[C@H]2O)C(C)(OC)C[C@@H](C)C(=O)[C@H](C)[C@@H](O)C1(C)O. The van der Waals surface area contributed by atoms with E-state index in [9.17, 15) is 49.4 Å². The van der Waals surface area contributed by atoms with Gasteiger partial charge in [-0.05, 0) is 85.5 Å². The average molecular weight is 1070 g/mol. The summed E-state index contributed by atoms with van der Waals surface area (Å²) in [4.78, 5) is 43.9. The number of aliphatic hydroxyl groups is 6. The summed E-state index contributed by atoms with van der Waals surface area (Å²) in [6.07, 6.45) is -10.3. The summed E-state index contributed by atoms with van der Waals surface area (Å²) < 4.78 is 60.4. The average Bonchev–Trinajstić information content (AvgIpc) is 3.86. The van der Waals surface area contributed by atoms with Gasteiger partial charge >= 0.3 is 5.97 Å². The van der Waals surface area contributed by atoms with Gasteiger partial charge in [-0.1, -0.05) is 45.0 Å². The van der Waals surface area contributed by atoms with Gasteiger partial charge in [-0.2, -0.15) is 0 Å². The number of likely N-dealkylation sites (N-methyl/N-ethyl adjacent to an activating group) is 1. The Labute approximate surface area is 440 Å². The van der Waals surface area contributed by atoms with Gasteiger partial charge < -0.3 is 74.0 Å². The van der Waals surface area contributed by atoms with Gasteiger partial charge in [0.25, 0.3) is 0 Å². The van der Waals surface area contributed by atoms with Crippen molar-refractivity contribution >= 4 is 17.7 Å². The predicted molar refractivity (Wildman–Crippen MR) is 270 cm³/mol. The molecule has 1 amide bonds. The number of aromatic nitrogens is 3. The van der Waals surface area contributed by atoms with Crippen molar-refractivity contribution in [3.05, 3.63) is 41.7 Å². The number of amides is 1. The maximum absolute atomic E-state index is 14.5. The van der Waals surface area contributed by atoms with E-state index in [0.29, 0.717) is 29.8 Å². The molecule has 20 atom stereocenters. The molecule has 3 aliphatic heterocycles. The first kappa shape index (κ1) is 62.2. The molecule has 0 radical (unpaired) electrons. The molecule has 3 fully saturated rings. The minimum Gasteiger partial charge on any atom is -0.459 e. The van der Waals surface area contributed by atoms with Gasteiger partial charge in [-0.15, -0.1) is 5.10 Å². The first-order valence-electron chi connectivity index (χ1n) is 26.3. The third-order valence-electron chi connectivity index (χ3n) is 16.2. The van der Waals surface area contributed by atoms with Crippen LogP contribution in [-0.2, 0) is 54.0 Å². The smallest absolute Gasteiger partial charge is 0.311 e. The van der Waals surface area contributed by atoms with Crippen molar-refractivity contribution < 1.29 is 82.6 Å². The van der Waals surface area contributed by atoms with Crippen molar-refractivity contribution in [3.63, 3.8) is 0 Å². The molecule has 0 spiro atoms. The fourth-order valence-corrected chi connectivity index (χ4v) is 11.1. The highest BCUT2D eigenvalue weighted by molar-refractivity contribution is 5.83. The Balaban J connectivity index is 1.40. The molecule has 7 N–H and O–H groups in total. The van der Waals surface area contributed by atoms with Crippen molar-refractivity contribution in [1.29, 1.82) is 0 Å². The molecule has 4 unspecified atom stereocenters. The van der Waals surface area contributed by atoms with E-state index in [1.54, 1.807) is 90.9 Å². The summed E-state index contributed by atoms with van der Waals surface area (Å²) in [7, 11) is 4.64. The number of nitrogens with zero attached hydrogens (tertiary/aromatic N) is 4. The molecule has 75 heavy (non-hydrogen) atoms. The van der Waals surface area contributed by atoms with Crippen molar-refractivity contribution in [1.82, 2.24) is 25.2 Å². The Morgan fingerprint density at radius 3 is 2.21 bits per heavy atom. The number of aliphatic hydroxyl groups excluding tert-OH is 5. The van der Waals surface area contributed by atoms with Crippen LogP contribution < -0.4 is 5.32 Å². The third kappa shape index (κ3) is 14.4. The monoisotopic (exact) mass is 1070 g/mol. The number of benzene rings is 1. The number of carbonyl (C=O) groups is 3. The molecular formula is C53H86FN5O16. The molecule has 0 aliphatic carbocycles. The minimum atomic E-state index is -2.04. The van der Waals surface area contributed by atoms with Crippen molar-refractivity contribution in [2.24, 2.45) is 23.7 Å². The molecule has 2 aromatic rings. The largest absolute Gasteiger partial charge is 0.459 e. The Bertz CT molecular complexity index is 2160. The van der Waals surface area contributed by atoms with Crippen LogP contribution in [0, 0.1) is 23.7 Å². The Hall–Kier alpha value is -3.62. The first-order chi connectivity index (χ1) is 35.2. The predicted octanol–water partition coefficient (Wildman–Crippen LogP) is 2.50. The van der Waals surface area contributed by atoms with Crippen LogP contribution in [0.4, 0.5) is 4.39 Å². The van der Waals surface area contributed by atoms with Crippen molar-refractivity contribution in [2.75, 3.05) is 41.1 Å². The van der Waals surface area contributed by atoms with E-state index in [4.69, 9.17) is 33.2 Å². The molecule has 4 heterocycles. The van der Waals surface area contributed by atoms with Crippen LogP contribution >= 0.6 is 0 Å². The summed E-state index contributed by atoms with van der Waals surface area (Å²) in [5, 5.41) is 77.7. The number of esters is 1. The minimum absolute atomic E-state index is 0.00321. The fourth-order valence-electron chi connectivity index (χ4n) is 11.1. The summed E-state index contributed by atoms with van der Waals surface area (Å²) in [5.74, 6) is -5.63. The van der Waals surface area contributed by atoms with Gasteiger partial charge in [0.05, 0.1) is 71.3 Å². The van der Waals surface area contributed by atoms with Crippen molar-refractivity contribution in [3.8, 4) is 5.69 Å². The van der Waals surface area contributed by atoms with Crippen LogP contribution in [0.5, 0.6) is 0 Å². The van der Waals surface area contributed by atoms with E-state index in [0.717, 1.165) is 0 Å². The van der Waals surface area contributed by atoms with E-state index in [-0.39, 0.29) is 38.8 Å². The number of methoxy groups -OCH3 is 2. The number of nitrogens with one attached hydrogen (secondary N) is 1. The zero-order valence-corrected chi connectivity index (χ0v) is 46.0. The molecule has 1 aromatic heterocycles. The number of alkyl halides is 1. The van der Waals surface area contributed by atoms with E-state index in [1.165, 1.54) is 32.7 Å². The molecule has 3 saturated heterocycles. The highest BCUT2D eigenvalue weighted by atomic mass is 19.1. The highest BCUT2D eigenvalue weighted by Gasteiger charge is 2.54. The van der Waals surface area contributed by atoms with Crippen LogP contribution in [0.1, 0.15) is 119 Å². The second-order valence-corrected chi connectivity index (χ2v) is 21.9. The topological polar surface area (TPSA) is 283 Å². The molecule has 5 rings (SSSR count). The number of Topliss-reactive ketones (excluding diaryl/α,β-unsaturated/α-hetero) is 1. The quantitative estimate of drug-likeness (QED) is 0.106. The lowest BCUT2D eigenvalue weighted by molar-refractivity contribution is -0.319. The van der Waals surface area contributed by atoms with E-state index < -0.39 is 144 Å². The molecule has 1 aromatic carbocycles. The van der Waals surface area contributed by atoms with E-state index >= 15 is 0 Å². The van der Waals surface area contributed by atoms with Gasteiger partial charge in [-0.25, -0.2) is 9.07 Å². The lowest BCUT2D eigenvalue weighted by atomic mass is 9.74. The number of ketones is 1. The lowest BCUT2D eigenvalue weighted by Crippen LogP contribution is -2.61. The number of halogens is 1. The second-order valence-electron chi connectivity index (χ2n) is 21.9. The van der Waals surface area contributed by atoms with Crippen LogP contribution in [0.2, 0.25) is 0 Å². The zero-order valence-electron chi connectivity index (χ0n) is 46.0. The molecule has 0 bridgehead atoms. The summed E-state index contributed by atoms with van der Waals surface area (Å²) >= 11 is 0. The van der Waals surface area contributed by atoms with Gasteiger partial charge in [0.15, 0.2) is 12.6 Å². The molecule has 22 heteroatoms. The summed E-state index contributed by atoms with van der Waals surface area (Å²) in [6.45, 7) is 15.5.